The zero-order valence-corrected chi connectivity index (χ0v) is 13.8. The molecule has 1 aromatic heterocycles. The Bertz CT molecular complexity index is 766. The second-order valence-corrected chi connectivity index (χ2v) is 6.30. The minimum Gasteiger partial charge on any atom is -1.00 e. The fourth-order valence-corrected chi connectivity index (χ4v) is 2.75. The number of hydrogen-bond donors (Lipinski definition) is 1. The molecule has 0 aliphatic carbocycles. The van der Waals surface area contributed by atoms with Crippen molar-refractivity contribution in [3.05, 3.63) is 46.7 Å². The first-order valence-electron chi connectivity index (χ1n) is 5.40. The van der Waals surface area contributed by atoms with Gasteiger partial charge in [-0.25, -0.2) is 13.6 Å². The van der Waals surface area contributed by atoms with Crippen LogP contribution in [0.25, 0.3) is 5.69 Å². The maximum atomic E-state index is 11.6. The number of rotatable bonds is 3. The van der Waals surface area contributed by atoms with Crippen LogP contribution < -0.4 is 26.8 Å². The molecule has 2 N–H and O–H groups in total. The number of halogens is 3. The van der Waals surface area contributed by atoms with Gasteiger partial charge in [0.05, 0.1) is 7.11 Å². The second-order valence-electron chi connectivity index (χ2n) is 3.93. The highest BCUT2D eigenvalue weighted by atomic mass is 35.5. The fourth-order valence-electron chi connectivity index (χ4n) is 1.68. The standard InChI is InChI=1S/C12H11Cl2N2O3S.ClH/c1-19-11-4-5-16(7-12(11)20(15,17)18)10-6-8(13)2-3-9(10)14;/h2-7H,1H3,(H2,15,17,18);1H/q+1;/p-1. The molecule has 2 rings (SSSR count). The number of sulfonamides is 1. The predicted molar refractivity (Wildman–Crippen MR) is 75.9 cm³/mol. The summed E-state index contributed by atoms with van der Waals surface area (Å²) in [6.07, 6.45) is 2.93. The lowest BCUT2D eigenvalue weighted by atomic mass is 10.3. The van der Waals surface area contributed by atoms with Crippen LogP contribution in [0.3, 0.4) is 0 Å². The van der Waals surface area contributed by atoms with E-state index in [4.69, 9.17) is 33.1 Å². The Morgan fingerprint density at radius 1 is 1.24 bits per heavy atom. The zero-order valence-electron chi connectivity index (χ0n) is 10.8. The van der Waals surface area contributed by atoms with Gasteiger partial charge in [0, 0.05) is 17.2 Å². The van der Waals surface area contributed by atoms with Crippen molar-refractivity contribution < 1.29 is 30.1 Å². The van der Waals surface area contributed by atoms with E-state index in [-0.39, 0.29) is 23.1 Å². The van der Waals surface area contributed by atoms with Crippen molar-refractivity contribution in [3.63, 3.8) is 0 Å². The predicted octanol–water partition coefficient (Wildman–Crippen LogP) is -1.07. The second kappa shape index (κ2) is 6.81. The molecule has 2 aromatic rings. The van der Waals surface area contributed by atoms with E-state index in [0.29, 0.717) is 15.7 Å². The smallest absolute Gasteiger partial charge is 0.247 e. The minimum atomic E-state index is -3.92. The molecular formula is C12H11Cl3N2O3S. The van der Waals surface area contributed by atoms with Crippen molar-refractivity contribution in [1.29, 1.82) is 0 Å². The summed E-state index contributed by atoms with van der Waals surface area (Å²) < 4.78 is 29.6. The first kappa shape index (κ1) is 18.0. The Kier molecular flexibility index (Phi) is 5.83. The molecule has 21 heavy (non-hydrogen) atoms. The molecule has 0 aliphatic heterocycles. The Morgan fingerprint density at radius 3 is 2.48 bits per heavy atom. The van der Waals surface area contributed by atoms with Crippen molar-refractivity contribution >= 4 is 33.2 Å². The molecule has 114 valence electrons. The van der Waals surface area contributed by atoms with Crippen LogP contribution in [-0.4, -0.2) is 15.5 Å². The number of methoxy groups -OCH3 is 1. The molecule has 0 radical (unpaired) electrons. The summed E-state index contributed by atoms with van der Waals surface area (Å²) in [6, 6.07) is 6.35. The lowest BCUT2D eigenvalue weighted by Gasteiger charge is -2.06. The average Bonchev–Trinajstić information content (AvgIpc) is 2.40. The Balaban J connectivity index is 0.00000220. The highest BCUT2D eigenvalue weighted by Crippen LogP contribution is 2.23. The van der Waals surface area contributed by atoms with Crippen molar-refractivity contribution in [2.75, 3.05) is 7.11 Å². The van der Waals surface area contributed by atoms with Crippen molar-refractivity contribution in [2.45, 2.75) is 4.90 Å². The molecule has 1 heterocycles. The van der Waals surface area contributed by atoms with Gasteiger partial charge in [-0.05, 0) is 12.1 Å². The van der Waals surface area contributed by atoms with E-state index in [1.54, 1.807) is 24.4 Å². The van der Waals surface area contributed by atoms with Crippen LogP contribution in [0, 0.1) is 0 Å². The highest BCUT2D eigenvalue weighted by molar-refractivity contribution is 7.89. The number of primary sulfonamides is 1. The SMILES string of the molecule is COc1cc[n+](-c2cc(Cl)ccc2Cl)cc1S(N)(=O)=O.[Cl-]. The number of nitrogens with two attached hydrogens (primary N) is 1. The molecule has 0 saturated carbocycles. The number of pyridine rings is 1. The van der Waals surface area contributed by atoms with Crippen LogP contribution >= 0.6 is 23.2 Å². The van der Waals surface area contributed by atoms with E-state index < -0.39 is 10.0 Å². The maximum absolute atomic E-state index is 11.6. The highest BCUT2D eigenvalue weighted by Gasteiger charge is 2.22. The Morgan fingerprint density at radius 2 is 1.90 bits per heavy atom. The first-order valence-corrected chi connectivity index (χ1v) is 7.70. The largest absolute Gasteiger partial charge is 1.00 e. The summed E-state index contributed by atoms with van der Waals surface area (Å²) in [5.41, 5.74) is 0.534. The monoisotopic (exact) mass is 368 g/mol. The molecule has 0 atom stereocenters. The Hall–Kier alpha value is -1.05. The van der Waals surface area contributed by atoms with Gasteiger partial charge in [-0.2, -0.15) is 4.57 Å². The lowest BCUT2D eigenvalue weighted by Crippen LogP contribution is -3.00. The summed E-state index contributed by atoms with van der Waals surface area (Å²) in [5, 5.41) is 6.07. The molecule has 0 fully saturated rings. The third-order valence-electron chi connectivity index (χ3n) is 2.60. The van der Waals surface area contributed by atoms with Gasteiger partial charge in [-0.15, -0.1) is 0 Å². The van der Waals surface area contributed by atoms with Crippen LogP contribution in [0.4, 0.5) is 0 Å². The summed E-state index contributed by atoms with van der Waals surface area (Å²) in [5.74, 6) is 0.155. The van der Waals surface area contributed by atoms with E-state index >= 15 is 0 Å². The van der Waals surface area contributed by atoms with Crippen LogP contribution in [0.15, 0.2) is 41.6 Å². The van der Waals surface area contributed by atoms with Crippen LogP contribution in [-0.2, 0) is 10.0 Å². The topological polar surface area (TPSA) is 73.3 Å². The first-order chi connectivity index (χ1) is 9.32. The Labute approximate surface area is 138 Å². The van der Waals surface area contributed by atoms with Gasteiger partial charge in [-0.1, -0.05) is 23.2 Å². The molecule has 0 unspecified atom stereocenters. The van der Waals surface area contributed by atoms with Crippen molar-refractivity contribution in [2.24, 2.45) is 5.14 Å². The van der Waals surface area contributed by atoms with Crippen LogP contribution in [0.1, 0.15) is 0 Å². The van der Waals surface area contributed by atoms with E-state index in [0.717, 1.165) is 0 Å². The quantitative estimate of drug-likeness (QED) is 0.700. The van der Waals surface area contributed by atoms with Gasteiger partial charge < -0.3 is 17.1 Å². The zero-order chi connectivity index (χ0) is 14.9. The molecule has 5 nitrogen and oxygen atoms in total. The third kappa shape index (κ3) is 3.99. The molecule has 1 aromatic carbocycles. The minimum absolute atomic E-state index is 0. The number of aromatic nitrogens is 1. The van der Waals surface area contributed by atoms with Gasteiger partial charge >= 0.3 is 0 Å². The molecule has 0 amide bonds. The van der Waals surface area contributed by atoms with Gasteiger partial charge in [0.25, 0.3) is 0 Å². The average molecular weight is 370 g/mol. The third-order valence-corrected chi connectivity index (χ3v) is 4.07. The normalized spacial score (nSPS) is 10.9. The van der Waals surface area contributed by atoms with Gasteiger partial charge in [0.1, 0.15) is 5.02 Å². The van der Waals surface area contributed by atoms with Gasteiger partial charge in [-0.3, -0.25) is 0 Å². The molecular weight excluding hydrogens is 359 g/mol. The summed E-state index contributed by atoms with van der Waals surface area (Å²) in [7, 11) is -2.56. The van der Waals surface area contributed by atoms with Crippen LogP contribution in [0.5, 0.6) is 5.75 Å². The number of benzene rings is 1. The summed E-state index contributed by atoms with van der Waals surface area (Å²) in [6.45, 7) is 0. The molecule has 9 heteroatoms. The molecule has 0 bridgehead atoms. The molecule has 0 aliphatic rings. The molecule has 0 saturated heterocycles. The lowest BCUT2D eigenvalue weighted by molar-refractivity contribution is -0.597. The number of ether oxygens (including phenoxy) is 1. The van der Waals surface area contributed by atoms with E-state index in [1.807, 2.05) is 0 Å². The maximum Gasteiger partial charge on any atom is 0.247 e. The van der Waals surface area contributed by atoms with E-state index in [2.05, 4.69) is 0 Å². The number of nitrogens with zero attached hydrogens (tertiary/aromatic N) is 1. The summed E-state index contributed by atoms with van der Waals surface area (Å²) in [4.78, 5) is -0.140. The van der Waals surface area contributed by atoms with Crippen molar-refractivity contribution in [1.82, 2.24) is 0 Å². The van der Waals surface area contributed by atoms with E-state index in [9.17, 15) is 8.42 Å². The van der Waals surface area contributed by atoms with E-state index in [1.165, 1.54) is 23.9 Å². The summed E-state index contributed by atoms with van der Waals surface area (Å²) >= 11 is 12.0. The van der Waals surface area contributed by atoms with Crippen molar-refractivity contribution in [3.8, 4) is 11.4 Å². The fraction of sp³-hybridized carbons (Fsp3) is 0.0833. The molecule has 0 spiro atoms. The van der Waals surface area contributed by atoms with Crippen LogP contribution in [0.2, 0.25) is 10.0 Å². The van der Waals surface area contributed by atoms with Gasteiger partial charge in [0.15, 0.2) is 23.0 Å². The van der Waals surface area contributed by atoms with Gasteiger partial charge in [0.2, 0.25) is 15.7 Å². The number of hydrogen-bond acceptors (Lipinski definition) is 3.